The van der Waals surface area contributed by atoms with Gasteiger partial charge in [0.05, 0.1) is 29.5 Å². The summed E-state index contributed by atoms with van der Waals surface area (Å²) in [6.45, 7) is 9.88. The number of carbonyl (C=O) groups excluding carboxylic acids is 1. The monoisotopic (exact) mass is 522 g/mol. The van der Waals surface area contributed by atoms with Crippen molar-refractivity contribution in [2.24, 2.45) is 16.1 Å². The van der Waals surface area contributed by atoms with Gasteiger partial charge in [0.15, 0.2) is 0 Å². The molecule has 0 aromatic heterocycles. The number of esters is 1. The Morgan fingerprint density at radius 1 is 0.974 bits per heavy atom. The number of hydrogen-bond acceptors (Lipinski definition) is 8. The molecule has 0 atom stereocenters. The number of likely N-dealkylation sites (tertiary alicyclic amines) is 1. The lowest BCUT2D eigenvalue weighted by Gasteiger charge is -2.31. The molecule has 1 aliphatic rings. The quantitative estimate of drug-likeness (QED) is 0.0613. The SMILES string of the molecule is C=C(C)C(=O)OCCC1CCN(CCCCCCOc2ccc(N=Nc3ccc([N+](=O)[O-])cc3)cc2)CC1. The molecule has 3 rings (SSSR count). The molecular weight excluding hydrogens is 484 g/mol. The molecule has 0 spiro atoms. The molecule has 0 saturated carbocycles. The Morgan fingerprint density at radius 2 is 1.58 bits per heavy atom. The van der Waals surface area contributed by atoms with E-state index in [1.165, 1.54) is 37.8 Å². The topological polar surface area (TPSA) is 107 Å². The van der Waals surface area contributed by atoms with E-state index in [9.17, 15) is 14.9 Å². The first kappa shape index (κ1) is 29.0. The fourth-order valence-corrected chi connectivity index (χ4v) is 4.29. The van der Waals surface area contributed by atoms with Gasteiger partial charge in [0, 0.05) is 17.7 Å². The molecule has 0 unspecified atom stereocenters. The van der Waals surface area contributed by atoms with Gasteiger partial charge >= 0.3 is 5.97 Å². The van der Waals surface area contributed by atoms with Crippen LogP contribution < -0.4 is 4.74 Å². The van der Waals surface area contributed by atoms with Crippen LogP contribution in [-0.2, 0) is 9.53 Å². The first-order valence-corrected chi connectivity index (χ1v) is 13.3. The fourth-order valence-electron chi connectivity index (χ4n) is 4.29. The maximum absolute atomic E-state index is 11.5. The molecule has 9 heteroatoms. The lowest BCUT2D eigenvalue weighted by Crippen LogP contribution is -2.34. The zero-order valence-corrected chi connectivity index (χ0v) is 22.2. The summed E-state index contributed by atoms with van der Waals surface area (Å²) in [5.74, 6) is 1.16. The largest absolute Gasteiger partial charge is 0.494 e. The van der Waals surface area contributed by atoms with Crippen LogP contribution in [-0.4, -0.2) is 48.6 Å². The number of nitro benzene ring substituents is 1. The van der Waals surface area contributed by atoms with Gasteiger partial charge in [-0.2, -0.15) is 10.2 Å². The molecule has 1 fully saturated rings. The van der Waals surface area contributed by atoms with Crippen molar-refractivity contribution in [1.29, 1.82) is 0 Å². The molecule has 0 bridgehead atoms. The smallest absolute Gasteiger partial charge is 0.333 e. The Balaban J connectivity index is 1.21. The predicted molar refractivity (Wildman–Crippen MR) is 147 cm³/mol. The first-order valence-electron chi connectivity index (χ1n) is 13.3. The average Bonchev–Trinajstić information content (AvgIpc) is 2.93. The lowest BCUT2D eigenvalue weighted by atomic mass is 9.94. The summed E-state index contributed by atoms with van der Waals surface area (Å²) in [6, 6.07) is 13.4. The lowest BCUT2D eigenvalue weighted by molar-refractivity contribution is -0.384. The Hall–Kier alpha value is -3.59. The van der Waals surface area contributed by atoms with E-state index in [0.29, 0.717) is 36.1 Å². The normalized spacial score (nSPS) is 14.4. The summed E-state index contributed by atoms with van der Waals surface area (Å²) >= 11 is 0. The van der Waals surface area contributed by atoms with Gasteiger partial charge in [0.2, 0.25) is 0 Å². The third kappa shape index (κ3) is 10.4. The number of azo groups is 1. The highest BCUT2D eigenvalue weighted by molar-refractivity contribution is 5.86. The van der Waals surface area contributed by atoms with Gasteiger partial charge in [-0.05, 0) is 101 Å². The molecule has 0 amide bonds. The standard InChI is InChI=1S/C29H38N4O5/c1-23(2)29(34)38-22-17-24-15-19-32(20-16-24)18-5-3-4-6-21-37-28-13-9-26(10-14-28)31-30-25-7-11-27(12-8-25)33(35)36/h7-14,24H,1,3-6,15-22H2,2H3. The molecule has 1 heterocycles. The van der Waals surface area contributed by atoms with Crippen molar-refractivity contribution < 1.29 is 19.2 Å². The van der Waals surface area contributed by atoms with Gasteiger partial charge in [-0.15, -0.1) is 0 Å². The number of unbranched alkanes of at least 4 members (excludes halogenated alkanes) is 3. The third-order valence-corrected chi connectivity index (χ3v) is 6.63. The number of piperidine rings is 1. The Morgan fingerprint density at radius 3 is 2.18 bits per heavy atom. The van der Waals surface area contributed by atoms with Crippen molar-refractivity contribution in [1.82, 2.24) is 4.90 Å². The molecule has 204 valence electrons. The van der Waals surface area contributed by atoms with E-state index in [-0.39, 0.29) is 11.7 Å². The number of nitro groups is 1. The molecule has 2 aromatic carbocycles. The van der Waals surface area contributed by atoms with E-state index in [4.69, 9.17) is 9.47 Å². The van der Waals surface area contributed by atoms with Crippen LogP contribution in [0.1, 0.15) is 51.9 Å². The van der Waals surface area contributed by atoms with E-state index >= 15 is 0 Å². The second kappa shape index (κ2) is 15.6. The van der Waals surface area contributed by atoms with Crippen molar-refractivity contribution in [3.63, 3.8) is 0 Å². The van der Waals surface area contributed by atoms with Crippen LogP contribution in [0.4, 0.5) is 17.1 Å². The van der Waals surface area contributed by atoms with Crippen LogP contribution in [0.15, 0.2) is 70.9 Å². The number of rotatable bonds is 15. The van der Waals surface area contributed by atoms with Crippen LogP contribution in [0.2, 0.25) is 0 Å². The van der Waals surface area contributed by atoms with Gasteiger partial charge in [0.1, 0.15) is 5.75 Å². The van der Waals surface area contributed by atoms with E-state index < -0.39 is 4.92 Å². The van der Waals surface area contributed by atoms with Crippen molar-refractivity contribution in [3.8, 4) is 5.75 Å². The van der Waals surface area contributed by atoms with Crippen molar-refractivity contribution in [3.05, 3.63) is 70.8 Å². The van der Waals surface area contributed by atoms with Crippen molar-refractivity contribution >= 4 is 23.0 Å². The zero-order chi connectivity index (χ0) is 27.2. The highest BCUT2D eigenvalue weighted by Crippen LogP contribution is 2.24. The molecular formula is C29H38N4O5. The maximum atomic E-state index is 11.5. The summed E-state index contributed by atoms with van der Waals surface area (Å²) in [6.07, 6.45) is 7.86. The van der Waals surface area contributed by atoms with Crippen LogP contribution in [0.3, 0.4) is 0 Å². The molecule has 0 aliphatic carbocycles. The van der Waals surface area contributed by atoms with Gasteiger partial charge in [-0.3, -0.25) is 10.1 Å². The van der Waals surface area contributed by atoms with Crippen molar-refractivity contribution in [2.45, 2.75) is 51.9 Å². The van der Waals surface area contributed by atoms with Crippen LogP contribution in [0, 0.1) is 16.0 Å². The van der Waals surface area contributed by atoms with Crippen LogP contribution in [0.5, 0.6) is 5.75 Å². The van der Waals surface area contributed by atoms with E-state index in [1.807, 2.05) is 24.3 Å². The summed E-state index contributed by atoms with van der Waals surface area (Å²) in [5.41, 5.74) is 1.73. The van der Waals surface area contributed by atoms with Gasteiger partial charge in [-0.1, -0.05) is 19.4 Å². The molecule has 1 aliphatic heterocycles. The number of non-ortho nitro benzene ring substituents is 1. The number of hydrogen-bond donors (Lipinski definition) is 0. The first-order chi connectivity index (χ1) is 18.4. The van der Waals surface area contributed by atoms with Crippen LogP contribution >= 0.6 is 0 Å². The van der Waals surface area contributed by atoms with Crippen molar-refractivity contribution in [2.75, 3.05) is 32.8 Å². The minimum Gasteiger partial charge on any atom is -0.494 e. The number of carbonyl (C=O) groups is 1. The number of nitrogens with zero attached hydrogens (tertiary/aromatic N) is 4. The number of benzene rings is 2. The van der Waals surface area contributed by atoms with Crippen LogP contribution in [0.25, 0.3) is 0 Å². The highest BCUT2D eigenvalue weighted by atomic mass is 16.6. The van der Waals surface area contributed by atoms with Gasteiger partial charge in [0.25, 0.3) is 5.69 Å². The third-order valence-electron chi connectivity index (χ3n) is 6.63. The van der Waals surface area contributed by atoms with E-state index in [1.54, 1.807) is 19.1 Å². The summed E-state index contributed by atoms with van der Waals surface area (Å²) in [7, 11) is 0. The molecule has 38 heavy (non-hydrogen) atoms. The summed E-state index contributed by atoms with van der Waals surface area (Å²) in [5, 5.41) is 19.0. The minimum absolute atomic E-state index is 0.0270. The van der Waals surface area contributed by atoms with Gasteiger partial charge < -0.3 is 14.4 Å². The molecule has 1 saturated heterocycles. The maximum Gasteiger partial charge on any atom is 0.333 e. The second-order valence-electron chi connectivity index (χ2n) is 9.72. The van der Waals surface area contributed by atoms with E-state index in [0.717, 1.165) is 44.6 Å². The average molecular weight is 523 g/mol. The molecule has 0 radical (unpaired) electrons. The minimum atomic E-state index is -0.443. The predicted octanol–water partition coefficient (Wildman–Crippen LogP) is 7.17. The van der Waals surface area contributed by atoms with Gasteiger partial charge in [-0.25, -0.2) is 4.79 Å². The molecule has 2 aromatic rings. The highest BCUT2D eigenvalue weighted by Gasteiger charge is 2.19. The van der Waals surface area contributed by atoms with E-state index in [2.05, 4.69) is 21.7 Å². The second-order valence-corrected chi connectivity index (χ2v) is 9.72. The summed E-state index contributed by atoms with van der Waals surface area (Å²) in [4.78, 5) is 24.3. The Bertz CT molecular complexity index is 1060. The Kier molecular flexibility index (Phi) is 11.9. The molecule has 0 N–H and O–H groups in total. The Labute approximate surface area is 224 Å². The summed E-state index contributed by atoms with van der Waals surface area (Å²) < 4.78 is 11.1. The zero-order valence-electron chi connectivity index (χ0n) is 22.2. The molecule has 9 nitrogen and oxygen atoms in total. The fraction of sp³-hybridized carbons (Fsp3) is 0.483. The number of ether oxygens (including phenoxy) is 2.